The van der Waals surface area contributed by atoms with Gasteiger partial charge < -0.3 is 14.9 Å². The number of para-hydroxylation sites is 2. The van der Waals surface area contributed by atoms with Gasteiger partial charge in [-0.3, -0.25) is 4.79 Å². The van der Waals surface area contributed by atoms with Crippen molar-refractivity contribution in [2.24, 2.45) is 0 Å². The van der Waals surface area contributed by atoms with Gasteiger partial charge in [0, 0.05) is 39.1 Å². The molecular weight excluding hydrogens is 360 g/mol. The van der Waals surface area contributed by atoms with Crippen molar-refractivity contribution in [1.29, 1.82) is 0 Å². The molecule has 0 atom stereocenters. The number of halogens is 2. The van der Waals surface area contributed by atoms with E-state index in [9.17, 15) is 13.6 Å². The van der Waals surface area contributed by atoms with Gasteiger partial charge in [-0.15, -0.1) is 0 Å². The molecule has 3 aromatic carbocycles. The van der Waals surface area contributed by atoms with Crippen LogP contribution in [0, 0.1) is 0 Å². The Morgan fingerprint density at radius 3 is 2.57 bits per heavy atom. The third kappa shape index (κ3) is 1.84. The molecule has 28 heavy (non-hydrogen) atoms. The lowest BCUT2D eigenvalue weighted by molar-refractivity contribution is 0.0967. The number of hydrogen-bond acceptors (Lipinski definition) is 1. The second-order valence-electron chi connectivity index (χ2n) is 7.20. The number of benzene rings is 3. The van der Waals surface area contributed by atoms with Crippen LogP contribution in [0.15, 0.2) is 48.5 Å². The van der Waals surface area contributed by atoms with E-state index in [4.69, 9.17) is 0 Å². The van der Waals surface area contributed by atoms with Crippen LogP contribution < -0.4 is 5.32 Å². The first kappa shape index (κ1) is 15.6. The smallest absolute Gasteiger partial charge is 0.256 e. The average molecular weight is 375 g/mol. The largest absolute Gasteiger partial charge is 0.353 e. The maximum atomic E-state index is 13.5. The zero-order chi connectivity index (χ0) is 19.0. The Morgan fingerprint density at radius 1 is 1.00 bits per heavy atom. The Kier molecular flexibility index (Phi) is 2.97. The molecule has 3 heterocycles. The fourth-order valence-corrected chi connectivity index (χ4v) is 4.74. The first-order chi connectivity index (χ1) is 13.6. The van der Waals surface area contributed by atoms with Crippen LogP contribution in [-0.2, 0) is 13.1 Å². The molecule has 0 saturated heterocycles. The number of amides is 1. The highest BCUT2D eigenvalue weighted by Crippen LogP contribution is 2.43. The van der Waals surface area contributed by atoms with Crippen molar-refractivity contribution in [3.63, 3.8) is 0 Å². The van der Waals surface area contributed by atoms with Crippen molar-refractivity contribution in [3.8, 4) is 0 Å². The Bertz CT molecular complexity index is 1440. The number of nitrogens with one attached hydrogen (secondary N) is 2. The Hall–Kier alpha value is -3.41. The fourth-order valence-electron chi connectivity index (χ4n) is 4.74. The molecule has 0 bridgehead atoms. The number of carbonyl (C=O) groups is 1. The van der Waals surface area contributed by atoms with Crippen LogP contribution >= 0.6 is 0 Å². The summed E-state index contributed by atoms with van der Waals surface area (Å²) in [6, 6.07) is 15.3. The van der Waals surface area contributed by atoms with Crippen LogP contribution in [0.5, 0.6) is 0 Å². The van der Waals surface area contributed by atoms with Gasteiger partial charge >= 0.3 is 0 Å². The number of carbonyl (C=O) groups excluding carboxylic acids is 1. The topological polar surface area (TPSA) is 49.8 Å². The lowest BCUT2D eigenvalue weighted by Crippen LogP contribution is -2.12. The van der Waals surface area contributed by atoms with E-state index in [2.05, 4.69) is 10.3 Å². The van der Waals surface area contributed by atoms with E-state index in [1.807, 2.05) is 48.5 Å². The molecule has 6 heteroatoms. The molecule has 5 aromatic rings. The van der Waals surface area contributed by atoms with Crippen LogP contribution in [0.3, 0.4) is 0 Å². The minimum absolute atomic E-state index is 0.146. The lowest BCUT2D eigenvalue weighted by Gasteiger charge is -2.09. The molecule has 0 unspecified atom stereocenters. The van der Waals surface area contributed by atoms with E-state index < -0.39 is 13.0 Å². The van der Waals surface area contributed by atoms with Crippen molar-refractivity contribution in [2.45, 2.75) is 19.5 Å². The summed E-state index contributed by atoms with van der Waals surface area (Å²) in [6.07, 6.45) is -2.50. The van der Waals surface area contributed by atoms with E-state index >= 15 is 0 Å². The Balaban J connectivity index is 1.97. The zero-order valence-corrected chi connectivity index (χ0v) is 14.7. The summed E-state index contributed by atoms with van der Waals surface area (Å²) >= 11 is 0. The Morgan fingerprint density at radius 2 is 1.75 bits per heavy atom. The molecule has 0 saturated carbocycles. The highest BCUT2D eigenvalue weighted by molar-refractivity contribution is 6.30. The molecule has 6 rings (SSSR count). The second kappa shape index (κ2) is 5.32. The number of alkyl halides is 2. The monoisotopic (exact) mass is 375 g/mol. The van der Waals surface area contributed by atoms with E-state index in [1.54, 1.807) is 4.57 Å². The molecule has 0 radical (unpaired) electrons. The van der Waals surface area contributed by atoms with E-state index in [-0.39, 0.29) is 5.91 Å². The molecule has 1 amide bonds. The van der Waals surface area contributed by atoms with Gasteiger partial charge in [0.1, 0.15) is 0 Å². The molecule has 0 aliphatic carbocycles. The minimum atomic E-state index is -2.50. The fraction of sp³-hybridized carbons (Fsp3) is 0.136. The predicted octanol–water partition coefficient (Wildman–Crippen LogP) is 4.94. The summed E-state index contributed by atoms with van der Waals surface area (Å²) in [5.74, 6) is -0.146. The van der Waals surface area contributed by atoms with E-state index in [1.165, 1.54) is 0 Å². The van der Waals surface area contributed by atoms with E-state index in [0.717, 1.165) is 38.1 Å². The molecule has 2 aromatic heterocycles. The first-order valence-electron chi connectivity index (χ1n) is 9.17. The van der Waals surface area contributed by atoms with Gasteiger partial charge in [0.05, 0.1) is 23.1 Å². The SMILES string of the molecule is O=C1NCc2c1c1c3ccccc3n(CC(F)F)c1c1[nH]c3ccccc3c21. The van der Waals surface area contributed by atoms with Crippen LogP contribution in [0.4, 0.5) is 8.78 Å². The highest BCUT2D eigenvalue weighted by Gasteiger charge is 2.30. The Labute approximate surface area is 157 Å². The zero-order valence-electron chi connectivity index (χ0n) is 14.7. The number of fused-ring (bicyclic) bond motifs is 10. The van der Waals surface area contributed by atoms with Crippen molar-refractivity contribution in [3.05, 3.63) is 59.7 Å². The maximum absolute atomic E-state index is 13.5. The number of aromatic amines is 1. The molecule has 1 aliphatic rings. The normalized spacial score (nSPS) is 14.0. The predicted molar refractivity (Wildman–Crippen MR) is 106 cm³/mol. The molecule has 0 spiro atoms. The summed E-state index contributed by atoms with van der Waals surface area (Å²) < 4.78 is 28.6. The number of hydrogen-bond donors (Lipinski definition) is 2. The van der Waals surface area contributed by atoms with Gasteiger partial charge in [-0.2, -0.15) is 0 Å². The second-order valence-corrected chi connectivity index (χ2v) is 7.20. The summed E-state index contributed by atoms with van der Waals surface area (Å²) in [4.78, 5) is 16.2. The molecule has 138 valence electrons. The summed E-state index contributed by atoms with van der Waals surface area (Å²) in [7, 11) is 0. The highest BCUT2D eigenvalue weighted by atomic mass is 19.3. The summed E-state index contributed by atoms with van der Waals surface area (Å²) in [6.45, 7) is 0.0195. The van der Waals surface area contributed by atoms with Gasteiger partial charge in [-0.05, 0) is 17.7 Å². The molecule has 2 N–H and O–H groups in total. The minimum Gasteiger partial charge on any atom is -0.353 e. The number of nitrogens with zero attached hydrogens (tertiary/aromatic N) is 1. The summed E-state index contributed by atoms with van der Waals surface area (Å²) in [5, 5.41) is 6.45. The number of aromatic nitrogens is 2. The van der Waals surface area contributed by atoms with Gasteiger partial charge in [0.25, 0.3) is 12.3 Å². The standard InChI is InChI=1S/C22H15F2N3O/c23-16(24)10-27-15-8-4-2-6-12(15)18-19-13(9-25-22(19)28)17-11-5-1-3-7-14(11)26-20(17)21(18)27/h1-8,16,26H,9-10H2,(H,25,28). The molecule has 1 aliphatic heterocycles. The molecule has 0 fully saturated rings. The van der Waals surface area contributed by atoms with Crippen molar-refractivity contribution < 1.29 is 13.6 Å². The van der Waals surface area contributed by atoms with Gasteiger partial charge in [-0.1, -0.05) is 36.4 Å². The van der Waals surface area contributed by atoms with Crippen LogP contribution in [0.1, 0.15) is 15.9 Å². The maximum Gasteiger partial charge on any atom is 0.256 e. The summed E-state index contributed by atoms with van der Waals surface area (Å²) in [5.41, 5.74) is 4.67. The number of rotatable bonds is 2. The van der Waals surface area contributed by atoms with Crippen molar-refractivity contribution >= 4 is 49.5 Å². The van der Waals surface area contributed by atoms with Crippen molar-refractivity contribution in [2.75, 3.05) is 0 Å². The third-order valence-electron chi connectivity index (χ3n) is 5.74. The third-order valence-corrected chi connectivity index (χ3v) is 5.74. The van der Waals surface area contributed by atoms with Crippen LogP contribution in [0.2, 0.25) is 0 Å². The first-order valence-corrected chi connectivity index (χ1v) is 9.17. The van der Waals surface area contributed by atoms with E-state index in [0.29, 0.717) is 23.1 Å². The quantitative estimate of drug-likeness (QED) is 0.451. The van der Waals surface area contributed by atoms with Crippen LogP contribution in [0.25, 0.3) is 43.6 Å². The van der Waals surface area contributed by atoms with Gasteiger partial charge in [0.2, 0.25) is 0 Å². The van der Waals surface area contributed by atoms with Gasteiger partial charge in [-0.25, -0.2) is 8.78 Å². The molecular formula is C22H15F2N3O. The molecule has 4 nitrogen and oxygen atoms in total. The van der Waals surface area contributed by atoms with Crippen LogP contribution in [-0.4, -0.2) is 21.9 Å². The van der Waals surface area contributed by atoms with Crippen molar-refractivity contribution in [1.82, 2.24) is 14.9 Å². The lowest BCUT2D eigenvalue weighted by atomic mass is 9.97. The van der Waals surface area contributed by atoms with Gasteiger partial charge in [0.15, 0.2) is 0 Å². The average Bonchev–Trinajstić information content (AvgIpc) is 3.34. The number of H-pyrrole nitrogens is 1.